The molecule has 178 valence electrons. The molecule has 1 fully saturated rings. The average Bonchev–Trinajstić information content (AvgIpc) is 2.63. The topological polar surface area (TPSA) is 52.1 Å². The largest absolute Gasteiger partial charge is 0.488 e. The Morgan fingerprint density at radius 2 is 1.84 bits per heavy atom. The molecule has 0 aromatic heterocycles. The third-order valence-corrected chi connectivity index (χ3v) is 4.97. The first-order valence-corrected chi connectivity index (χ1v) is 10.1. The van der Waals surface area contributed by atoms with Gasteiger partial charge in [0, 0.05) is 45.8 Å². The summed E-state index contributed by atoms with van der Waals surface area (Å²) in [4.78, 5) is 8.68. The molecular weight excluding hydrogens is 522 g/mol. The Hall–Kier alpha value is -1.27. The second-order valence-electron chi connectivity index (χ2n) is 8.73. The molecule has 1 aliphatic rings. The quantitative estimate of drug-likeness (QED) is 0.331. The van der Waals surface area contributed by atoms with Crippen LogP contribution >= 0.6 is 24.0 Å². The summed E-state index contributed by atoms with van der Waals surface area (Å²) in [5, 5.41) is 6.22. The predicted octanol–water partition coefficient (Wildman–Crippen LogP) is 3.41. The SMILES string of the molecule is CN=C(NCc1ccc(OC(C)(C)C)cc1C(F)(F)F)NCC1CN(C)CCN1C.I. The second kappa shape index (κ2) is 11.6. The van der Waals surface area contributed by atoms with Gasteiger partial charge in [-0.15, -0.1) is 24.0 Å². The highest BCUT2D eigenvalue weighted by molar-refractivity contribution is 14.0. The summed E-state index contributed by atoms with van der Waals surface area (Å²) in [6.45, 7) is 8.98. The Balaban J connectivity index is 0.00000480. The van der Waals surface area contributed by atoms with Crippen molar-refractivity contribution in [1.82, 2.24) is 20.4 Å². The van der Waals surface area contributed by atoms with Crippen LogP contribution in [0, 0.1) is 0 Å². The van der Waals surface area contributed by atoms with Crippen LogP contribution in [-0.4, -0.2) is 74.7 Å². The molecule has 1 atom stereocenters. The van der Waals surface area contributed by atoms with Crippen LogP contribution in [0.4, 0.5) is 13.2 Å². The number of hydrogen-bond donors (Lipinski definition) is 2. The second-order valence-corrected chi connectivity index (χ2v) is 8.73. The van der Waals surface area contributed by atoms with E-state index in [1.54, 1.807) is 33.9 Å². The maximum absolute atomic E-state index is 13.6. The van der Waals surface area contributed by atoms with Crippen molar-refractivity contribution in [2.75, 3.05) is 47.3 Å². The number of likely N-dealkylation sites (N-methyl/N-ethyl adjacent to an activating group) is 2. The van der Waals surface area contributed by atoms with E-state index in [1.165, 1.54) is 6.07 Å². The summed E-state index contributed by atoms with van der Waals surface area (Å²) in [5.74, 6) is 0.672. The van der Waals surface area contributed by atoms with Crippen LogP contribution in [0.3, 0.4) is 0 Å². The molecule has 0 aliphatic carbocycles. The van der Waals surface area contributed by atoms with Gasteiger partial charge in [0.1, 0.15) is 11.4 Å². The lowest BCUT2D eigenvalue weighted by Gasteiger charge is -2.37. The van der Waals surface area contributed by atoms with Gasteiger partial charge >= 0.3 is 6.18 Å². The van der Waals surface area contributed by atoms with Gasteiger partial charge in [0.2, 0.25) is 0 Å². The Morgan fingerprint density at radius 1 is 1.16 bits per heavy atom. The van der Waals surface area contributed by atoms with E-state index in [0.29, 0.717) is 18.5 Å². The first kappa shape index (κ1) is 27.8. The van der Waals surface area contributed by atoms with Gasteiger partial charge in [0.05, 0.1) is 5.56 Å². The van der Waals surface area contributed by atoms with Gasteiger partial charge in [0.15, 0.2) is 5.96 Å². The molecule has 1 aromatic rings. The molecule has 0 saturated carbocycles. The van der Waals surface area contributed by atoms with Crippen molar-refractivity contribution in [2.45, 2.75) is 45.1 Å². The van der Waals surface area contributed by atoms with E-state index in [0.717, 1.165) is 25.7 Å². The molecule has 0 spiro atoms. The van der Waals surface area contributed by atoms with E-state index in [2.05, 4.69) is 39.5 Å². The summed E-state index contributed by atoms with van der Waals surface area (Å²) in [6.07, 6.45) is -4.47. The van der Waals surface area contributed by atoms with Crippen LogP contribution in [0.25, 0.3) is 0 Å². The molecule has 31 heavy (non-hydrogen) atoms. The Labute approximate surface area is 200 Å². The minimum atomic E-state index is -4.47. The molecule has 1 saturated heterocycles. The molecule has 6 nitrogen and oxygen atoms in total. The number of benzene rings is 1. The van der Waals surface area contributed by atoms with Gasteiger partial charge in [-0.2, -0.15) is 13.2 Å². The molecule has 2 N–H and O–H groups in total. The zero-order valence-electron chi connectivity index (χ0n) is 19.1. The Bertz CT molecular complexity index is 737. The van der Waals surface area contributed by atoms with Crippen molar-refractivity contribution >= 4 is 29.9 Å². The Morgan fingerprint density at radius 3 is 2.42 bits per heavy atom. The maximum atomic E-state index is 13.6. The first-order chi connectivity index (χ1) is 13.9. The number of guanidine groups is 1. The van der Waals surface area contributed by atoms with Gasteiger partial charge in [0.25, 0.3) is 0 Å². The number of rotatable bonds is 5. The molecule has 10 heteroatoms. The molecule has 1 aromatic carbocycles. The molecule has 1 aliphatic heterocycles. The van der Waals surface area contributed by atoms with Crippen LogP contribution in [0.1, 0.15) is 31.9 Å². The fourth-order valence-electron chi connectivity index (χ4n) is 3.33. The van der Waals surface area contributed by atoms with Crippen molar-refractivity contribution in [3.8, 4) is 5.75 Å². The van der Waals surface area contributed by atoms with Crippen molar-refractivity contribution in [3.05, 3.63) is 29.3 Å². The van der Waals surface area contributed by atoms with Gasteiger partial charge < -0.3 is 20.3 Å². The van der Waals surface area contributed by atoms with Gasteiger partial charge in [-0.05, 0) is 52.6 Å². The first-order valence-electron chi connectivity index (χ1n) is 10.1. The molecule has 0 radical (unpaired) electrons. The number of nitrogens with zero attached hydrogens (tertiary/aromatic N) is 3. The summed E-state index contributed by atoms with van der Waals surface area (Å²) in [5.41, 5.74) is -1.14. The number of halogens is 4. The highest BCUT2D eigenvalue weighted by Crippen LogP contribution is 2.35. The van der Waals surface area contributed by atoms with Crippen molar-refractivity contribution in [3.63, 3.8) is 0 Å². The molecule has 2 rings (SSSR count). The van der Waals surface area contributed by atoms with E-state index < -0.39 is 17.3 Å². The lowest BCUT2D eigenvalue weighted by molar-refractivity contribution is -0.138. The van der Waals surface area contributed by atoms with Crippen LogP contribution in [0.2, 0.25) is 0 Å². The minimum absolute atomic E-state index is 0. The third kappa shape index (κ3) is 9.01. The summed E-state index contributed by atoms with van der Waals surface area (Å²) >= 11 is 0. The van der Waals surface area contributed by atoms with Crippen molar-refractivity contribution in [2.24, 2.45) is 4.99 Å². The number of ether oxygens (including phenoxy) is 1. The van der Waals surface area contributed by atoms with Gasteiger partial charge in [-0.3, -0.25) is 9.89 Å². The lowest BCUT2D eigenvalue weighted by atomic mass is 10.1. The van der Waals surface area contributed by atoms with Crippen LogP contribution < -0.4 is 15.4 Å². The fraction of sp³-hybridized carbons (Fsp3) is 0.667. The van der Waals surface area contributed by atoms with Crippen LogP contribution in [-0.2, 0) is 12.7 Å². The number of alkyl halides is 3. The van der Waals surface area contributed by atoms with E-state index in [1.807, 2.05) is 0 Å². The number of hydrogen-bond acceptors (Lipinski definition) is 4. The molecule has 1 unspecified atom stereocenters. The molecule has 1 heterocycles. The lowest BCUT2D eigenvalue weighted by Crippen LogP contribution is -2.55. The number of aliphatic imine (C=N–C) groups is 1. The summed E-state index contributed by atoms with van der Waals surface area (Å²) < 4.78 is 46.4. The van der Waals surface area contributed by atoms with Crippen molar-refractivity contribution in [1.29, 1.82) is 0 Å². The normalized spacial score (nSPS) is 19.0. The molecule has 0 amide bonds. The highest BCUT2D eigenvalue weighted by atomic mass is 127. The third-order valence-electron chi connectivity index (χ3n) is 4.97. The predicted molar refractivity (Wildman–Crippen MR) is 129 cm³/mol. The zero-order valence-corrected chi connectivity index (χ0v) is 21.5. The van der Waals surface area contributed by atoms with Crippen LogP contribution in [0.15, 0.2) is 23.2 Å². The summed E-state index contributed by atoms with van der Waals surface area (Å²) in [6, 6.07) is 4.39. The Kier molecular flexibility index (Phi) is 10.3. The number of piperazine rings is 1. The average molecular weight is 557 g/mol. The smallest absolute Gasteiger partial charge is 0.416 e. The van der Waals surface area contributed by atoms with Gasteiger partial charge in [-0.1, -0.05) is 6.07 Å². The van der Waals surface area contributed by atoms with Crippen LogP contribution in [0.5, 0.6) is 5.75 Å². The van der Waals surface area contributed by atoms with Gasteiger partial charge in [-0.25, -0.2) is 0 Å². The maximum Gasteiger partial charge on any atom is 0.416 e. The summed E-state index contributed by atoms with van der Waals surface area (Å²) in [7, 11) is 5.77. The number of nitrogens with one attached hydrogen (secondary N) is 2. The van der Waals surface area contributed by atoms with E-state index in [4.69, 9.17) is 4.74 Å². The fourth-order valence-corrected chi connectivity index (χ4v) is 3.33. The monoisotopic (exact) mass is 557 g/mol. The molecular formula is C21H35F3IN5O. The standard InChI is InChI=1S/C21H34F3N5O.HI/c1-20(2,3)30-17-8-7-15(18(11-17)21(22,23)24)12-26-19(25-4)27-13-16-14-28(5)9-10-29(16)6;/h7-8,11,16H,9-10,12-14H2,1-6H3,(H2,25,26,27);1H. The van der Waals surface area contributed by atoms with E-state index >= 15 is 0 Å². The van der Waals surface area contributed by atoms with E-state index in [-0.39, 0.29) is 41.8 Å². The molecule has 0 bridgehead atoms. The van der Waals surface area contributed by atoms with Crippen molar-refractivity contribution < 1.29 is 17.9 Å². The highest BCUT2D eigenvalue weighted by Gasteiger charge is 2.34. The zero-order chi connectivity index (χ0) is 22.5. The minimum Gasteiger partial charge on any atom is -0.488 e. The van der Waals surface area contributed by atoms with E-state index in [9.17, 15) is 13.2 Å².